The van der Waals surface area contributed by atoms with E-state index in [1.807, 2.05) is 18.2 Å². The summed E-state index contributed by atoms with van der Waals surface area (Å²) in [5.74, 6) is 1.61. The molecule has 0 bridgehead atoms. The molecule has 0 radical (unpaired) electrons. The van der Waals surface area contributed by atoms with Gasteiger partial charge in [0.15, 0.2) is 0 Å². The van der Waals surface area contributed by atoms with Gasteiger partial charge in [-0.25, -0.2) is 0 Å². The van der Waals surface area contributed by atoms with Crippen molar-refractivity contribution < 1.29 is 9.47 Å². The van der Waals surface area contributed by atoms with Crippen molar-refractivity contribution in [2.45, 2.75) is 25.3 Å². The smallest absolute Gasteiger partial charge is 0.123 e. The van der Waals surface area contributed by atoms with Crippen molar-refractivity contribution in [1.82, 2.24) is 0 Å². The summed E-state index contributed by atoms with van der Waals surface area (Å²) in [4.78, 5) is 0. The van der Waals surface area contributed by atoms with Crippen molar-refractivity contribution >= 4 is 0 Å². The molecule has 1 aromatic carbocycles. The van der Waals surface area contributed by atoms with E-state index >= 15 is 0 Å². The Morgan fingerprint density at radius 3 is 2.53 bits per heavy atom. The number of methoxy groups -OCH3 is 2. The fourth-order valence-corrected chi connectivity index (χ4v) is 1.79. The van der Waals surface area contributed by atoms with Crippen molar-refractivity contribution in [2.24, 2.45) is 11.5 Å². The van der Waals surface area contributed by atoms with Gasteiger partial charge in [-0.3, -0.25) is 0 Å². The number of nitrogens with two attached hydrogens (primary N) is 2. The Bertz CT molecular complexity index is 342. The molecule has 0 aliphatic rings. The molecule has 0 fully saturated rings. The zero-order chi connectivity index (χ0) is 12.7. The molecule has 0 saturated carbocycles. The van der Waals surface area contributed by atoms with Crippen LogP contribution < -0.4 is 20.9 Å². The van der Waals surface area contributed by atoms with E-state index in [9.17, 15) is 0 Å². The topological polar surface area (TPSA) is 70.5 Å². The van der Waals surface area contributed by atoms with Gasteiger partial charge < -0.3 is 20.9 Å². The summed E-state index contributed by atoms with van der Waals surface area (Å²) in [5.41, 5.74) is 12.6. The number of benzene rings is 1. The number of unbranched alkanes of at least 4 members (excludes halogenated alkanes) is 1. The average Bonchev–Trinajstić information content (AvgIpc) is 2.38. The Morgan fingerprint density at radius 2 is 1.94 bits per heavy atom. The second-order valence-electron chi connectivity index (χ2n) is 4.00. The second-order valence-corrected chi connectivity index (χ2v) is 4.00. The number of hydrogen-bond donors (Lipinski definition) is 2. The molecule has 4 N–H and O–H groups in total. The summed E-state index contributed by atoms with van der Waals surface area (Å²) < 4.78 is 10.5. The lowest BCUT2D eigenvalue weighted by molar-refractivity contribution is 0.393. The minimum absolute atomic E-state index is 0.0356. The zero-order valence-electron chi connectivity index (χ0n) is 10.6. The highest BCUT2D eigenvalue weighted by Gasteiger charge is 2.12. The summed E-state index contributed by atoms with van der Waals surface area (Å²) in [6.07, 6.45) is 2.93. The molecule has 17 heavy (non-hydrogen) atoms. The van der Waals surface area contributed by atoms with Crippen LogP contribution in [0.25, 0.3) is 0 Å². The second kappa shape index (κ2) is 7.14. The molecule has 0 aliphatic heterocycles. The molecule has 0 unspecified atom stereocenters. The molecule has 0 spiro atoms. The summed E-state index contributed by atoms with van der Waals surface area (Å²) in [6, 6.07) is 5.66. The van der Waals surface area contributed by atoms with Crippen molar-refractivity contribution in [3.05, 3.63) is 23.8 Å². The molecule has 1 rings (SSSR count). The Hall–Kier alpha value is -1.26. The molecule has 4 nitrogen and oxygen atoms in total. The Labute approximate surface area is 103 Å². The fraction of sp³-hybridized carbons (Fsp3) is 0.538. The van der Waals surface area contributed by atoms with Crippen molar-refractivity contribution in [3.63, 3.8) is 0 Å². The first kappa shape index (κ1) is 13.8. The Morgan fingerprint density at radius 1 is 1.18 bits per heavy atom. The summed E-state index contributed by atoms with van der Waals surface area (Å²) in [7, 11) is 3.30. The van der Waals surface area contributed by atoms with Gasteiger partial charge >= 0.3 is 0 Å². The van der Waals surface area contributed by atoms with E-state index in [-0.39, 0.29) is 6.04 Å². The Balaban J connectivity index is 2.78. The van der Waals surface area contributed by atoms with Gasteiger partial charge in [-0.15, -0.1) is 0 Å². The Kier molecular flexibility index (Phi) is 5.80. The van der Waals surface area contributed by atoms with E-state index in [0.29, 0.717) is 6.54 Å². The summed E-state index contributed by atoms with van der Waals surface area (Å²) in [6.45, 7) is 0.710. The van der Waals surface area contributed by atoms with Gasteiger partial charge in [0.2, 0.25) is 0 Å². The van der Waals surface area contributed by atoms with Gasteiger partial charge in [-0.05, 0) is 37.6 Å². The van der Waals surface area contributed by atoms with Gasteiger partial charge in [-0.2, -0.15) is 0 Å². The van der Waals surface area contributed by atoms with Gasteiger partial charge in [-0.1, -0.05) is 6.42 Å². The predicted molar refractivity (Wildman–Crippen MR) is 69.4 cm³/mol. The predicted octanol–water partition coefficient (Wildman–Crippen LogP) is 1.83. The molecule has 4 heteroatoms. The van der Waals surface area contributed by atoms with Gasteiger partial charge in [0.05, 0.1) is 14.2 Å². The third-order valence-electron chi connectivity index (χ3n) is 2.81. The molecular weight excluding hydrogens is 216 g/mol. The molecule has 0 aliphatic carbocycles. The molecule has 1 aromatic rings. The fourth-order valence-electron chi connectivity index (χ4n) is 1.79. The molecule has 96 valence electrons. The molecular formula is C13H22N2O2. The lowest BCUT2D eigenvalue weighted by Gasteiger charge is -2.16. The molecule has 0 saturated heterocycles. The van der Waals surface area contributed by atoms with Crippen LogP contribution in [0.3, 0.4) is 0 Å². The van der Waals surface area contributed by atoms with E-state index in [1.54, 1.807) is 14.2 Å². The van der Waals surface area contributed by atoms with E-state index in [1.165, 1.54) is 0 Å². The first-order chi connectivity index (χ1) is 8.22. The highest BCUT2D eigenvalue weighted by Crippen LogP contribution is 2.30. The normalized spacial score (nSPS) is 12.2. The molecule has 0 amide bonds. The van der Waals surface area contributed by atoms with Gasteiger partial charge in [0, 0.05) is 11.6 Å². The van der Waals surface area contributed by atoms with Crippen LogP contribution in [-0.2, 0) is 0 Å². The maximum Gasteiger partial charge on any atom is 0.123 e. The van der Waals surface area contributed by atoms with Crippen LogP contribution in [0.4, 0.5) is 0 Å². The van der Waals surface area contributed by atoms with Crippen LogP contribution >= 0.6 is 0 Å². The summed E-state index contributed by atoms with van der Waals surface area (Å²) >= 11 is 0. The molecule has 1 atom stereocenters. The zero-order valence-corrected chi connectivity index (χ0v) is 10.6. The number of ether oxygens (including phenoxy) is 2. The average molecular weight is 238 g/mol. The van der Waals surface area contributed by atoms with E-state index < -0.39 is 0 Å². The van der Waals surface area contributed by atoms with Crippen LogP contribution in [0.1, 0.15) is 30.9 Å². The highest BCUT2D eigenvalue weighted by molar-refractivity contribution is 5.42. The SMILES string of the molecule is COc1ccc(OC)c([C@@H](N)CCCCN)c1. The van der Waals surface area contributed by atoms with Crippen molar-refractivity contribution in [2.75, 3.05) is 20.8 Å². The quantitative estimate of drug-likeness (QED) is 0.711. The van der Waals surface area contributed by atoms with Crippen LogP contribution in [0, 0.1) is 0 Å². The first-order valence-electron chi connectivity index (χ1n) is 5.90. The van der Waals surface area contributed by atoms with Crippen molar-refractivity contribution in [1.29, 1.82) is 0 Å². The van der Waals surface area contributed by atoms with Crippen LogP contribution in [0.5, 0.6) is 11.5 Å². The maximum atomic E-state index is 6.16. The highest BCUT2D eigenvalue weighted by atomic mass is 16.5. The third-order valence-corrected chi connectivity index (χ3v) is 2.81. The number of rotatable bonds is 7. The maximum absolute atomic E-state index is 6.16. The number of hydrogen-bond acceptors (Lipinski definition) is 4. The molecule has 0 heterocycles. The minimum atomic E-state index is -0.0356. The van der Waals surface area contributed by atoms with E-state index in [0.717, 1.165) is 36.3 Å². The summed E-state index contributed by atoms with van der Waals surface area (Å²) in [5, 5.41) is 0. The van der Waals surface area contributed by atoms with Crippen LogP contribution in [0.15, 0.2) is 18.2 Å². The van der Waals surface area contributed by atoms with Crippen LogP contribution in [0.2, 0.25) is 0 Å². The van der Waals surface area contributed by atoms with Gasteiger partial charge in [0.25, 0.3) is 0 Å². The van der Waals surface area contributed by atoms with E-state index in [4.69, 9.17) is 20.9 Å². The van der Waals surface area contributed by atoms with Crippen molar-refractivity contribution in [3.8, 4) is 11.5 Å². The monoisotopic (exact) mass is 238 g/mol. The minimum Gasteiger partial charge on any atom is -0.497 e. The van der Waals surface area contributed by atoms with E-state index in [2.05, 4.69) is 0 Å². The van der Waals surface area contributed by atoms with Crippen LogP contribution in [-0.4, -0.2) is 20.8 Å². The third kappa shape index (κ3) is 3.91. The lowest BCUT2D eigenvalue weighted by Crippen LogP contribution is -2.12. The van der Waals surface area contributed by atoms with Gasteiger partial charge in [0.1, 0.15) is 11.5 Å². The largest absolute Gasteiger partial charge is 0.497 e. The lowest BCUT2D eigenvalue weighted by atomic mass is 10.0. The molecule has 0 aromatic heterocycles. The first-order valence-corrected chi connectivity index (χ1v) is 5.90. The standard InChI is InChI=1S/C13H22N2O2/c1-16-10-6-7-13(17-2)11(9-10)12(15)5-3-4-8-14/h6-7,9,12H,3-5,8,14-15H2,1-2H3/t12-/m0/s1.